The molecule has 0 aliphatic heterocycles. The van der Waals surface area contributed by atoms with Crippen molar-refractivity contribution in [3.63, 3.8) is 0 Å². The van der Waals surface area contributed by atoms with Gasteiger partial charge in [0.1, 0.15) is 5.52 Å². The lowest BCUT2D eigenvalue weighted by molar-refractivity contribution is 0.194. The van der Waals surface area contributed by atoms with Crippen LogP contribution >= 0.6 is 0 Å². The zero-order valence-corrected chi connectivity index (χ0v) is 14.7. The smallest absolute Gasteiger partial charge is 0.240 e. The molecule has 0 aliphatic rings. The molecule has 0 spiro atoms. The van der Waals surface area contributed by atoms with Crippen molar-refractivity contribution in [2.45, 2.75) is 13.0 Å². The number of hydrogen-bond donors (Lipinski definition) is 3. The van der Waals surface area contributed by atoms with Crippen LogP contribution in [0.3, 0.4) is 0 Å². The number of hydrogen-bond acceptors (Lipinski definition) is 6. The highest BCUT2D eigenvalue weighted by molar-refractivity contribution is 5.95. The number of rotatable bonds is 5. The fourth-order valence-corrected chi connectivity index (χ4v) is 2.28. The van der Waals surface area contributed by atoms with Crippen molar-refractivity contribution in [3.05, 3.63) is 54.9 Å². The summed E-state index contributed by atoms with van der Waals surface area (Å²) in [6, 6.07) is 13.9. The minimum Gasteiger partial charge on any atom is -0.479 e. The number of aliphatic hydroxyl groups excluding tert-OH is 1. The molecule has 132 valence electrons. The van der Waals surface area contributed by atoms with Crippen LogP contribution in [-0.2, 0) is 0 Å². The number of benzene rings is 1. The maximum Gasteiger partial charge on any atom is 0.240 e. The molecule has 0 fully saturated rings. The number of nitrogens with one attached hydrogen (secondary N) is 2. The Morgan fingerprint density at radius 3 is 2.40 bits per heavy atom. The molecule has 6 heteroatoms. The van der Waals surface area contributed by atoms with Crippen molar-refractivity contribution in [2.24, 2.45) is 0 Å². The number of anilines is 2. The molecule has 0 saturated heterocycles. The molecular formula is C19H24N4O2. The van der Waals surface area contributed by atoms with E-state index >= 15 is 0 Å². The van der Waals surface area contributed by atoms with Crippen molar-refractivity contribution >= 4 is 22.3 Å². The Labute approximate surface area is 147 Å². The third kappa shape index (κ3) is 5.41. The van der Waals surface area contributed by atoms with E-state index < -0.39 is 0 Å². The van der Waals surface area contributed by atoms with Crippen LogP contribution in [0.2, 0.25) is 0 Å². The van der Waals surface area contributed by atoms with Gasteiger partial charge in [0.05, 0.1) is 13.2 Å². The number of aromatic nitrogens is 2. The standard InChI is InChI=1S/C15H13N3O.C4H11NO/c1-19-15-14-12(7-9-17-15)13(8-10-16-14)18-11-5-3-2-4-6-11;1-4(6)3-5-2/h2-10H,1H3,(H,16,18);4-6H,3H2,1-2H3. The van der Waals surface area contributed by atoms with Crippen molar-refractivity contribution in [2.75, 3.05) is 26.0 Å². The van der Waals surface area contributed by atoms with Crippen LogP contribution in [0.1, 0.15) is 6.92 Å². The molecule has 3 aromatic rings. The summed E-state index contributed by atoms with van der Waals surface area (Å²) >= 11 is 0. The van der Waals surface area contributed by atoms with Gasteiger partial charge in [-0.15, -0.1) is 0 Å². The van der Waals surface area contributed by atoms with Gasteiger partial charge in [-0.2, -0.15) is 0 Å². The summed E-state index contributed by atoms with van der Waals surface area (Å²) in [5.41, 5.74) is 2.77. The predicted molar refractivity (Wildman–Crippen MR) is 101 cm³/mol. The average Bonchev–Trinajstić information content (AvgIpc) is 2.63. The summed E-state index contributed by atoms with van der Waals surface area (Å²) in [6.07, 6.45) is 3.26. The fourth-order valence-electron chi connectivity index (χ4n) is 2.28. The van der Waals surface area contributed by atoms with Gasteiger partial charge in [0.25, 0.3) is 0 Å². The molecule has 0 bridgehead atoms. The van der Waals surface area contributed by atoms with Gasteiger partial charge in [0.15, 0.2) is 0 Å². The molecule has 1 unspecified atom stereocenters. The van der Waals surface area contributed by atoms with E-state index in [4.69, 9.17) is 9.84 Å². The summed E-state index contributed by atoms with van der Waals surface area (Å²) in [7, 11) is 3.41. The number of aliphatic hydroxyl groups is 1. The van der Waals surface area contributed by atoms with E-state index in [-0.39, 0.29) is 6.10 Å². The normalized spacial score (nSPS) is 11.4. The van der Waals surface area contributed by atoms with Gasteiger partial charge in [0, 0.05) is 35.7 Å². The molecule has 3 N–H and O–H groups in total. The first kappa shape index (κ1) is 18.6. The molecule has 2 aromatic heterocycles. The van der Waals surface area contributed by atoms with Crippen LogP contribution in [0.15, 0.2) is 54.9 Å². The van der Waals surface area contributed by atoms with Crippen molar-refractivity contribution in [3.8, 4) is 5.88 Å². The van der Waals surface area contributed by atoms with Crippen LogP contribution in [0, 0.1) is 0 Å². The molecule has 0 saturated carbocycles. The molecule has 25 heavy (non-hydrogen) atoms. The highest BCUT2D eigenvalue weighted by Crippen LogP contribution is 2.28. The highest BCUT2D eigenvalue weighted by atomic mass is 16.5. The summed E-state index contributed by atoms with van der Waals surface area (Å²) in [5.74, 6) is 0.536. The Hall–Kier alpha value is -2.70. The van der Waals surface area contributed by atoms with Crippen LogP contribution in [0.25, 0.3) is 10.9 Å². The summed E-state index contributed by atoms with van der Waals surface area (Å²) in [4.78, 5) is 8.49. The monoisotopic (exact) mass is 340 g/mol. The molecule has 2 heterocycles. The summed E-state index contributed by atoms with van der Waals surface area (Å²) in [6.45, 7) is 2.43. The minimum absolute atomic E-state index is 0.213. The van der Waals surface area contributed by atoms with Crippen molar-refractivity contribution < 1.29 is 9.84 Å². The van der Waals surface area contributed by atoms with Crippen molar-refractivity contribution in [1.82, 2.24) is 15.3 Å². The zero-order valence-electron chi connectivity index (χ0n) is 14.7. The molecule has 6 nitrogen and oxygen atoms in total. The van der Waals surface area contributed by atoms with Gasteiger partial charge in [-0.25, -0.2) is 4.98 Å². The number of methoxy groups -OCH3 is 1. The van der Waals surface area contributed by atoms with E-state index in [0.29, 0.717) is 12.4 Å². The van der Waals surface area contributed by atoms with E-state index in [0.717, 1.165) is 22.3 Å². The third-order valence-electron chi connectivity index (χ3n) is 3.37. The Bertz CT molecular complexity index is 779. The summed E-state index contributed by atoms with van der Waals surface area (Å²) in [5, 5.41) is 15.7. The number of fused-ring (bicyclic) bond motifs is 1. The SMILES string of the molecule is CNCC(C)O.COc1nccc2c(Nc3ccccc3)ccnc12. The minimum atomic E-state index is -0.213. The second kappa shape index (κ2) is 9.56. The van der Waals surface area contributed by atoms with E-state index in [1.165, 1.54) is 0 Å². The van der Waals surface area contributed by atoms with Crippen molar-refractivity contribution in [1.29, 1.82) is 0 Å². The lowest BCUT2D eigenvalue weighted by Crippen LogP contribution is -2.19. The number of likely N-dealkylation sites (N-methyl/N-ethyl adjacent to an activating group) is 1. The van der Waals surface area contributed by atoms with Crippen LogP contribution < -0.4 is 15.4 Å². The second-order valence-corrected chi connectivity index (χ2v) is 5.47. The predicted octanol–water partition coefficient (Wildman–Crippen LogP) is 2.97. The Morgan fingerprint density at radius 1 is 1.08 bits per heavy atom. The van der Waals surface area contributed by atoms with Gasteiger partial charge in [-0.3, -0.25) is 4.98 Å². The summed E-state index contributed by atoms with van der Waals surface area (Å²) < 4.78 is 5.23. The molecule has 0 amide bonds. The number of ether oxygens (including phenoxy) is 1. The maximum absolute atomic E-state index is 8.49. The average molecular weight is 340 g/mol. The molecule has 0 radical (unpaired) electrons. The fraction of sp³-hybridized carbons (Fsp3) is 0.263. The third-order valence-corrected chi connectivity index (χ3v) is 3.37. The lowest BCUT2D eigenvalue weighted by Gasteiger charge is -2.10. The number of pyridine rings is 2. The molecule has 0 aliphatic carbocycles. The second-order valence-electron chi connectivity index (χ2n) is 5.47. The topological polar surface area (TPSA) is 79.3 Å². The van der Waals surface area contributed by atoms with Gasteiger partial charge >= 0.3 is 0 Å². The highest BCUT2D eigenvalue weighted by Gasteiger charge is 2.07. The Morgan fingerprint density at radius 2 is 1.80 bits per heavy atom. The van der Waals surface area contributed by atoms with Gasteiger partial charge in [-0.05, 0) is 38.2 Å². The van der Waals surface area contributed by atoms with Gasteiger partial charge < -0.3 is 20.5 Å². The molecule has 3 rings (SSSR count). The number of para-hydroxylation sites is 1. The van der Waals surface area contributed by atoms with Crippen LogP contribution in [0.4, 0.5) is 11.4 Å². The number of nitrogens with zero attached hydrogens (tertiary/aromatic N) is 2. The van der Waals surface area contributed by atoms with Crippen LogP contribution in [-0.4, -0.2) is 41.9 Å². The Kier molecular flexibility index (Phi) is 7.13. The first-order valence-corrected chi connectivity index (χ1v) is 8.08. The van der Waals surface area contributed by atoms with Crippen LogP contribution in [0.5, 0.6) is 5.88 Å². The lowest BCUT2D eigenvalue weighted by atomic mass is 10.2. The van der Waals surface area contributed by atoms with E-state index in [1.54, 1.807) is 26.4 Å². The van der Waals surface area contributed by atoms with E-state index in [9.17, 15) is 0 Å². The first-order chi connectivity index (χ1) is 12.2. The zero-order chi connectivity index (χ0) is 18.1. The van der Waals surface area contributed by atoms with E-state index in [2.05, 4.69) is 20.6 Å². The first-order valence-electron chi connectivity index (χ1n) is 8.08. The molecule has 1 aromatic carbocycles. The quantitative estimate of drug-likeness (QED) is 0.663. The van der Waals surface area contributed by atoms with E-state index in [1.807, 2.05) is 49.5 Å². The molecule has 1 atom stereocenters. The largest absolute Gasteiger partial charge is 0.479 e. The maximum atomic E-state index is 8.49. The van der Waals surface area contributed by atoms with Gasteiger partial charge in [0.2, 0.25) is 5.88 Å². The Balaban J connectivity index is 0.000000326. The van der Waals surface area contributed by atoms with Gasteiger partial charge in [-0.1, -0.05) is 18.2 Å². The molecular weight excluding hydrogens is 316 g/mol.